The topological polar surface area (TPSA) is 56.3 Å². The summed E-state index contributed by atoms with van der Waals surface area (Å²) in [6, 6.07) is 1.88. The molecule has 1 N–H and O–H groups in total. The van der Waals surface area contributed by atoms with Crippen LogP contribution in [0.3, 0.4) is 0 Å². The lowest BCUT2D eigenvalue weighted by Crippen LogP contribution is -2.31. The van der Waals surface area contributed by atoms with Crippen LogP contribution in [0, 0.1) is 5.41 Å². The monoisotopic (exact) mass is 239 g/mol. The summed E-state index contributed by atoms with van der Waals surface area (Å²) in [5.74, 6) is 1.49. The van der Waals surface area contributed by atoms with Gasteiger partial charge in [-0.15, -0.1) is 0 Å². The van der Waals surface area contributed by atoms with Crippen molar-refractivity contribution in [3.63, 3.8) is 0 Å². The average Bonchev–Trinajstić information content (AvgIpc) is 2.27. The first-order valence-electron chi connectivity index (χ1n) is 5.60. The summed E-state index contributed by atoms with van der Waals surface area (Å²) in [6.45, 7) is 8.56. The lowest BCUT2D eigenvalue weighted by Gasteiger charge is -2.28. The van der Waals surface area contributed by atoms with E-state index >= 15 is 0 Å². The summed E-state index contributed by atoms with van der Waals surface area (Å²) in [5.41, 5.74) is 0.125. The van der Waals surface area contributed by atoms with Crippen LogP contribution in [0.1, 0.15) is 27.7 Å². The van der Waals surface area contributed by atoms with Crippen molar-refractivity contribution in [3.8, 4) is 11.8 Å². The summed E-state index contributed by atoms with van der Waals surface area (Å²) in [5, 5.41) is 3.25. The second kappa shape index (κ2) is 5.21. The average molecular weight is 239 g/mol. The standard InChI is InChI=1S/C12H21N3O2/c1-8(12(2,3)4)13-11-14-9(16-5)7-10(15-11)17-6/h7-8H,1-6H3,(H,13,14,15). The van der Waals surface area contributed by atoms with E-state index in [2.05, 4.69) is 43.0 Å². The molecule has 0 amide bonds. The Balaban J connectivity index is 2.90. The fourth-order valence-corrected chi connectivity index (χ4v) is 1.09. The number of methoxy groups -OCH3 is 2. The van der Waals surface area contributed by atoms with Gasteiger partial charge in [0.05, 0.1) is 20.3 Å². The highest BCUT2D eigenvalue weighted by Gasteiger charge is 2.21. The molecular weight excluding hydrogens is 218 g/mol. The largest absolute Gasteiger partial charge is 0.481 e. The first kappa shape index (κ1) is 13.5. The third-order valence-electron chi connectivity index (χ3n) is 2.74. The summed E-state index contributed by atoms with van der Waals surface area (Å²) in [6.07, 6.45) is 0. The number of hydrogen-bond donors (Lipinski definition) is 1. The Hall–Kier alpha value is -1.52. The number of anilines is 1. The van der Waals surface area contributed by atoms with Crippen molar-refractivity contribution in [2.45, 2.75) is 33.7 Å². The number of aromatic nitrogens is 2. The van der Waals surface area contributed by atoms with Gasteiger partial charge in [-0.2, -0.15) is 9.97 Å². The Labute approximate surface area is 103 Å². The number of rotatable bonds is 4. The SMILES string of the molecule is COc1cc(OC)nc(NC(C)C(C)(C)C)n1. The molecule has 1 rings (SSSR count). The molecule has 0 fully saturated rings. The molecule has 5 nitrogen and oxygen atoms in total. The van der Waals surface area contributed by atoms with Gasteiger partial charge in [-0.1, -0.05) is 20.8 Å². The molecule has 1 atom stereocenters. The van der Waals surface area contributed by atoms with Gasteiger partial charge in [-0.05, 0) is 12.3 Å². The van der Waals surface area contributed by atoms with Crippen LogP contribution in [-0.4, -0.2) is 30.2 Å². The van der Waals surface area contributed by atoms with Crippen LogP contribution in [0.5, 0.6) is 11.8 Å². The van der Waals surface area contributed by atoms with E-state index in [4.69, 9.17) is 9.47 Å². The molecule has 0 aliphatic heterocycles. The van der Waals surface area contributed by atoms with Crippen LogP contribution in [0.4, 0.5) is 5.95 Å². The minimum atomic E-state index is 0.125. The van der Waals surface area contributed by atoms with Crippen molar-refractivity contribution in [1.82, 2.24) is 9.97 Å². The van der Waals surface area contributed by atoms with Gasteiger partial charge in [0.25, 0.3) is 0 Å². The smallest absolute Gasteiger partial charge is 0.229 e. The molecule has 5 heteroatoms. The second-order valence-electron chi connectivity index (χ2n) is 5.01. The number of ether oxygens (including phenoxy) is 2. The normalized spacial score (nSPS) is 13.1. The third kappa shape index (κ3) is 3.76. The van der Waals surface area contributed by atoms with Crippen molar-refractivity contribution in [2.24, 2.45) is 5.41 Å². The summed E-state index contributed by atoms with van der Waals surface area (Å²) >= 11 is 0. The maximum atomic E-state index is 5.09. The van der Waals surface area contributed by atoms with Gasteiger partial charge in [0, 0.05) is 6.04 Å². The Bertz CT molecular complexity index is 352. The zero-order chi connectivity index (χ0) is 13.1. The molecule has 96 valence electrons. The van der Waals surface area contributed by atoms with Gasteiger partial charge in [0.2, 0.25) is 17.7 Å². The fourth-order valence-electron chi connectivity index (χ4n) is 1.09. The number of nitrogens with one attached hydrogen (secondary N) is 1. The van der Waals surface area contributed by atoms with Crippen molar-refractivity contribution in [1.29, 1.82) is 0 Å². The van der Waals surface area contributed by atoms with Crippen LogP contribution in [0.15, 0.2) is 6.07 Å². The van der Waals surface area contributed by atoms with Crippen LogP contribution in [0.2, 0.25) is 0 Å². The predicted octanol–water partition coefficient (Wildman–Crippen LogP) is 2.34. The highest BCUT2D eigenvalue weighted by atomic mass is 16.5. The molecule has 0 bridgehead atoms. The second-order valence-corrected chi connectivity index (χ2v) is 5.01. The van der Waals surface area contributed by atoms with Gasteiger partial charge in [0.1, 0.15) is 0 Å². The van der Waals surface area contributed by atoms with Crippen molar-refractivity contribution >= 4 is 5.95 Å². The van der Waals surface area contributed by atoms with Crippen molar-refractivity contribution < 1.29 is 9.47 Å². The molecule has 17 heavy (non-hydrogen) atoms. The van der Waals surface area contributed by atoms with E-state index in [9.17, 15) is 0 Å². The third-order valence-corrected chi connectivity index (χ3v) is 2.74. The number of hydrogen-bond acceptors (Lipinski definition) is 5. The Morgan fingerprint density at radius 2 is 1.59 bits per heavy atom. The van der Waals surface area contributed by atoms with Gasteiger partial charge in [0.15, 0.2) is 0 Å². The van der Waals surface area contributed by atoms with E-state index in [0.717, 1.165) is 0 Å². The summed E-state index contributed by atoms with van der Waals surface area (Å²) < 4.78 is 10.2. The molecule has 0 aliphatic rings. The molecule has 1 heterocycles. The van der Waals surface area contributed by atoms with Crippen molar-refractivity contribution in [2.75, 3.05) is 19.5 Å². The van der Waals surface area contributed by atoms with Gasteiger partial charge < -0.3 is 14.8 Å². The predicted molar refractivity (Wildman–Crippen MR) is 67.7 cm³/mol. The maximum Gasteiger partial charge on any atom is 0.229 e. The minimum Gasteiger partial charge on any atom is -0.481 e. The zero-order valence-corrected chi connectivity index (χ0v) is 11.4. The minimum absolute atomic E-state index is 0.125. The molecule has 0 saturated heterocycles. The molecule has 1 unspecified atom stereocenters. The highest BCUT2D eigenvalue weighted by Crippen LogP contribution is 2.23. The molecule has 0 radical (unpaired) electrons. The molecule has 0 aromatic carbocycles. The van der Waals surface area contributed by atoms with E-state index < -0.39 is 0 Å². The molecule has 1 aromatic rings. The fraction of sp³-hybridized carbons (Fsp3) is 0.667. The van der Waals surface area contributed by atoms with E-state index in [0.29, 0.717) is 17.7 Å². The first-order valence-corrected chi connectivity index (χ1v) is 5.60. The van der Waals surface area contributed by atoms with Gasteiger partial charge in [-0.25, -0.2) is 0 Å². The molecule has 0 saturated carbocycles. The van der Waals surface area contributed by atoms with E-state index in [-0.39, 0.29) is 11.5 Å². The highest BCUT2D eigenvalue weighted by molar-refractivity contribution is 5.34. The van der Waals surface area contributed by atoms with Crippen molar-refractivity contribution in [3.05, 3.63) is 6.07 Å². The van der Waals surface area contributed by atoms with E-state index in [1.54, 1.807) is 20.3 Å². The van der Waals surface area contributed by atoms with Crippen LogP contribution in [-0.2, 0) is 0 Å². The van der Waals surface area contributed by atoms with Crippen LogP contribution in [0.25, 0.3) is 0 Å². The number of nitrogens with zero attached hydrogens (tertiary/aromatic N) is 2. The summed E-state index contributed by atoms with van der Waals surface area (Å²) in [4.78, 5) is 8.46. The lowest BCUT2D eigenvalue weighted by molar-refractivity contribution is 0.352. The molecule has 0 spiro atoms. The lowest BCUT2D eigenvalue weighted by atomic mass is 9.88. The maximum absolute atomic E-state index is 5.09. The molecule has 0 aliphatic carbocycles. The quantitative estimate of drug-likeness (QED) is 0.874. The molecule has 1 aromatic heterocycles. The molecular formula is C12H21N3O2. The first-order chi connectivity index (χ1) is 7.86. The Kier molecular flexibility index (Phi) is 4.15. The van der Waals surface area contributed by atoms with Gasteiger partial charge in [-0.3, -0.25) is 0 Å². The van der Waals surface area contributed by atoms with E-state index in [1.807, 2.05) is 0 Å². The van der Waals surface area contributed by atoms with Crippen LogP contribution >= 0.6 is 0 Å². The van der Waals surface area contributed by atoms with Gasteiger partial charge >= 0.3 is 0 Å². The van der Waals surface area contributed by atoms with E-state index in [1.165, 1.54) is 0 Å². The zero-order valence-electron chi connectivity index (χ0n) is 11.4. The Morgan fingerprint density at radius 1 is 1.12 bits per heavy atom. The summed E-state index contributed by atoms with van der Waals surface area (Å²) in [7, 11) is 3.14. The van der Waals surface area contributed by atoms with Crippen LogP contribution < -0.4 is 14.8 Å². The Morgan fingerprint density at radius 3 is 1.94 bits per heavy atom.